The van der Waals surface area contributed by atoms with E-state index in [2.05, 4.69) is 35.0 Å². The summed E-state index contributed by atoms with van der Waals surface area (Å²) in [7, 11) is 0. The van der Waals surface area contributed by atoms with Gasteiger partial charge in [0.15, 0.2) is 5.58 Å². The molecule has 1 aromatic carbocycles. The van der Waals surface area contributed by atoms with E-state index in [0.717, 1.165) is 43.1 Å². The van der Waals surface area contributed by atoms with Crippen LogP contribution in [0.15, 0.2) is 51.2 Å². The molecule has 3 aliphatic rings. The van der Waals surface area contributed by atoms with Crippen molar-refractivity contribution in [1.82, 2.24) is 14.4 Å². The molecule has 5 rings (SSSR count). The molecule has 2 aliphatic carbocycles. The zero-order valence-corrected chi connectivity index (χ0v) is 21.3. The van der Waals surface area contributed by atoms with Crippen LogP contribution in [0.2, 0.25) is 0 Å². The van der Waals surface area contributed by atoms with Crippen molar-refractivity contribution in [1.29, 1.82) is 0 Å². The number of unbranched alkanes of at least 4 members (excludes halogenated alkanes) is 1. The van der Waals surface area contributed by atoms with E-state index in [0.29, 0.717) is 24.7 Å². The molecule has 0 amide bonds. The topological polar surface area (TPSA) is 50.9 Å². The van der Waals surface area contributed by atoms with Crippen LogP contribution in [0.4, 0.5) is 0 Å². The van der Waals surface area contributed by atoms with Crippen molar-refractivity contribution < 1.29 is 9.15 Å². The first-order valence-electron chi connectivity index (χ1n) is 13.8. The molecule has 6 nitrogen and oxygen atoms in total. The van der Waals surface area contributed by atoms with E-state index in [-0.39, 0.29) is 5.76 Å². The molecule has 6 heteroatoms. The maximum atomic E-state index is 12.5. The fraction of sp³-hybridized carbons (Fsp3) is 0.621. The van der Waals surface area contributed by atoms with Crippen molar-refractivity contribution in [3.8, 4) is 5.75 Å². The summed E-state index contributed by atoms with van der Waals surface area (Å²) in [5.74, 6) is 1.06. The number of nitrogens with zero attached hydrogens (tertiary/aromatic N) is 3. The first-order chi connectivity index (χ1) is 17.2. The van der Waals surface area contributed by atoms with Gasteiger partial charge in [-0.3, -0.25) is 9.47 Å². The minimum absolute atomic E-state index is 0.273. The Morgan fingerprint density at radius 2 is 1.83 bits per heavy atom. The van der Waals surface area contributed by atoms with E-state index < -0.39 is 0 Å². The summed E-state index contributed by atoms with van der Waals surface area (Å²) in [6.45, 7) is 9.35. The molecular formula is C29H41N3O3. The molecule has 2 fully saturated rings. The smallest absolute Gasteiger partial charge is 0.419 e. The molecule has 0 radical (unpaired) electrons. The number of ether oxygens (including phenoxy) is 1. The molecule has 1 aromatic heterocycles. The van der Waals surface area contributed by atoms with Crippen LogP contribution in [-0.2, 0) is 6.54 Å². The molecule has 0 bridgehead atoms. The van der Waals surface area contributed by atoms with Crippen molar-refractivity contribution in [2.24, 2.45) is 5.92 Å². The number of fused-ring (bicyclic) bond motifs is 1. The zero-order chi connectivity index (χ0) is 24.0. The molecule has 1 saturated carbocycles. The van der Waals surface area contributed by atoms with Crippen molar-refractivity contribution >= 4 is 11.1 Å². The highest BCUT2D eigenvalue weighted by Gasteiger charge is 2.24. The monoisotopic (exact) mass is 479 g/mol. The van der Waals surface area contributed by atoms with Gasteiger partial charge in [0.25, 0.3) is 0 Å². The van der Waals surface area contributed by atoms with Crippen LogP contribution >= 0.6 is 0 Å². The Morgan fingerprint density at radius 1 is 1.03 bits per heavy atom. The number of rotatable bonds is 9. The Bertz CT molecular complexity index is 1080. The van der Waals surface area contributed by atoms with Gasteiger partial charge in [0.1, 0.15) is 12.4 Å². The highest BCUT2D eigenvalue weighted by atomic mass is 16.5. The summed E-state index contributed by atoms with van der Waals surface area (Å²) in [6, 6.07) is 6.57. The minimum atomic E-state index is -0.273. The normalized spacial score (nSPS) is 22.5. The lowest BCUT2D eigenvalue weighted by molar-refractivity contribution is 0.0780. The van der Waals surface area contributed by atoms with Gasteiger partial charge in [-0.1, -0.05) is 44.4 Å². The number of piperazine rings is 1. The maximum absolute atomic E-state index is 12.5. The molecule has 1 saturated heterocycles. The number of benzene rings is 1. The Morgan fingerprint density at radius 3 is 2.60 bits per heavy atom. The predicted molar refractivity (Wildman–Crippen MR) is 141 cm³/mol. The summed E-state index contributed by atoms with van der Waals surface area (Å²) in [5.41, 5.74) is 2.65. The van der Waals surface area contributed by atoms with Gasteiger partial charge in [-0.15, -0.1) is 0 Å². The highest BCUT2D eigenvalue weighted by molar-refractivity contribution is 5.74. The van der Waals surface area contributed by atoms with Crippen molar-refractivity contribution in [2.75, 3.05) is 39.3 Å². The molecule has 1 atom stereocenters. The molecule has 35 heavy (non-hydrogen) atoms. The van der Waals surface area contributed by atoms with Crippen LogP contribution in [0, 0.1) is 5.92 Å². The fourth-order valence-corrected chi connectivity index (χ4v) is 5.80. The molecule has 0 N–H and O–H groups in total. The van der Waals surface area contributed by atoms with Gasteiger partial charge in [-0.05, 0) is 62.3 Å². The number of aromatic nitrogens is 1. The zero-order valence-electron chi connectivity index (χ0n) is 21.3. The Kier molecular flexibility index (Phi) is 8.09. The molecule has 2 aromatic rings. The van der Waals surface area contributed by atoms with Gasteiger partial charge in [0.2, 0.25) is 0 Å². The van der Waals surface area contributed by atoms with Gasteiger partial charge in [0.05, 0.1) is 5.52 Å². The lowest BCUT2D eigenvalue weighted by atomic mass is 9.94. The van der Waals surface area contributed by atoms with Crippen molar-refractivity contribution in [3.63, 3.8) is 0 Å². The van der Waals surface area contributed by atoms with E-state index in [4.69, 9.17) is 9.15 Å². The van der Waals surface area contributed by atoms with Crippen LogP contribution in [0.1, 0.15) is 58.3 Å². The van der Waals surface area contributed by atoms with E-state index in [9.17, 15) is 4.79 Å². The summed E-state index contributed by atoms with van der Waals surface area (Å²) < 4.78 is 13.3. The van der Waals surface area contributed by atoms with Gasteiger partial charge in [-0.2, -0.15) is 0 Å². The third kappa shape index (κ3) is 6.28. The Labute approximate surface area is 209 Å². The van der Waals surface area contributed by atoms with E-state index in [1.807, 2.05) is 18.2 Å². The molecule has 1 unspecified atom stereocenters. The second kappa shape index (κ2) is 11.6. The number of hydrogen-bond acceptors (Lipinski definition) is 5. The number of oxazole rings is 1. The van der Waals surface area contributed by atoms with Crippen molar-refractivity contribution in [3.05, 3.63) is 52.6 Å². The van der Waals surface area contributed by atoms with Gasteiger partial charge >= 0.3 is 5.76 Å². The first kappa shape index (κ1) is 24.4. The van der Waals surface area contributed by atoms with Crippen LogP contribution in [0.3, 0.4) is 0 Å². The van der Waals surface area contributed by atoms with Crippen molar-refractivity contribution in [2.45, 2.75) is 70.9 Å². The second-order valence-corrected chi connectivity index (χ2v) is 10.7. The lowest BCUT2D eigenvalue weighted by Gasteiger charge is -2.40. The Balaban J connectivity index is 1.07. The number of hydrogen-bond donors (Lipinski definition) is 0. The lowest BCUT2D eigenvalue weighted by Crippen LogP contribution is -2.50. The average molecular weight is 480 g/mol. The standard InChI is InChI=1S/C29H41N3O3/c1-23-9-11-24(12-10-23)22-34-26-13-14-27-28(21-26)35-29(33)32(27)16-6-5-15-30-17-19-31(20-18-30)25-7-3-2-4-8-25/h9,11-14,21,23,25H,2-8,10,15-20,22H2,1H3. The predicted octanol–water partition coefficient (Wildman–Crippen LogP) is 5.23. The molecule has 190 valence electrons. The highest BCUT2D eigenvalue weighted by Crippen LogP contribution is 2.24. The number of aryl methyl sites for hydroxylation is 1. The summed E-state index contributed by atoms with van der Waals surface area (Å²) in [6.07, 6.45) is 16.8. The molecular weight excluding hydrogens is 438 g/mol. The quantitative estimate of drug-likeness (QED) is 0.461. The SMILES string of the molecule is CC1C=CC(COc2ccc3c(c2)oc(=O)n3CCCCN2CCN(C3CCCCC3)CC2)=CC1. The molecule has 2 heterocycles. The van der Waals surface area contributed by atoms with E-state index in [1.54, 1.807) is 4.57 Å². The molecule has 0 spiro atoms. The largest absolute Gasteiger partial charge is 0.489 e. The van der Waals surface area contributed by atoms with E-state index >= 15 is 0 Å². The van der Waals surface area contributed by atoms with Gasteiger partial charge in [0, 0.05) is 44.8 Å². The van der Waals surface area contributed by atoms with Crippen LogP contribution in [-0.4, -0.2) is 59.7 Å². The summed E-state index contributed by atoms with van der Waals surface area (Å²) in [5, 5.41) is 0. The van der Waals surface area contributed by atoms with Gasteiger partial charge < -0.3 is 14.1 Å². The van der Waals surface area contributed by atoms with Crippen LogP contribution in [0.5, 0.6) is 5.75 Å². The minimum Gasteiger partial charge on any atom is -0.489 e. The fourth-order valence-electron chi connectivity index (χ4n) is 5.80. The summed E-state index contributed by atoms with van der Waals surface area (Å²) in [4.78, 5) is 17.8. The van der Waals surface area contributed by atoms with Gasteiger partial charge in [-0.25, -0.2) is 4.79 Å². The third-order valence-electron chi connectivity index (χ3n) is 8.04. The molecule has 1 aliphatic heterocycles. The Hall–Kier alpha value is -2.31. The number of allylic oxidation sites excluding steroid dienone is 2. The maximum Gasteiger partial charge on any atom is 0.419 e. The third-order valence-corrected chi connectivity index (χ3v) is 8.04. The van der Waals surface area contributed by atoms with Crippen LogP contribution in [0.25, 0.3) is 11.1 Å². The van der Waals surface area contributed by atoms with Crippen LogP contribution < -0.4 is 10.5 Å². The second-order valence-electron chi connectivity index (χ2n) is 10.7. The first-order valence-corrected chi connectivity index (χ1v) is 13.8. The van der Waals surface area contributed by atoms with E-state index in [1.165, 1.54) is 63.9 Å². The average Bonchev–Trinajstić information content (AvgIpc) is 3.21. The summed E-state index contributed by atoms with van der Waals surface area (Å²) >= 11 is 0.